The zero-order chi connectivity index (χ0) is 11.1. The van der Waals surface area contributed by atoms with Crippen LogP contribution in [0.4, 0.5) is 0 Å². The lowest BCUT2D eigenvalue weighted by Gasteiger charge is -2.10. The van der Waals surface area contributed by atoms with E-state index in [4.69, 9.17) is 16.6 Å². The molecular formula is C13H17ClN2. The summed E-state index contributed by atoms with van der Waals surface area (Å²) in [5.41, 5.74) is 2.42. The molecule has 0 bridgehead atoms. The second-order valence-corrected chi connectivity index (χ2v) is 5.62. The summed E-state index contributed by atoms with van der Waals surface area (Å²) in [4.78, 5) is 9.25. The van der Waals surface area contributed by atoms with Gasteiger partial charge < -0.3 is 0 Å². The molecule has 0 radical (unpaired) electrons. The average molecular weight is 237 g/mol. The van der Waals surface area contributed by atoms with E-state index in [1.807, 2.05) is 0 Å². The second kappa shape index (κ2) is 3.99. The normalized spacial score (nSPS) is 28.4. The number of fused-ring (bicyclic) bond motifs is 1. The number of aryl methyl sites for hydroxylation is 1. The highest BCUT2D eigenvalue weighted by Crippen LogP contribution is 2.38. The van der Waals surface area contributed by atoms with Gasteiger partial charge in [0.2, 0.25) is 0 Å². The molecule has 0 amide bonds. The fraction of sp³-hybridized carbons (Fsp3) is 0.692. The molecule has 1 aromatic rings. The number of hydrogen-bond acceptors (Lipinski definition) is 2. The molecule has 1 heterocycles. The molecule has 3 heteroatoms. The largest absolute Gasteiger partial charge is 0.237 e. The van der Waals surface area contributed by atoms with E-state index in [1.165, 1.54) is 36.9 Å². The molecule has 2 aliphatic carbocycles. The lowest BCUT2D eigenvalue weighted by atomic mass is 10.1. The van der Waals surface area contributed by atoms with Crippen molar-refractivity contribution in [2.45, 2.75) is 51.4 Å². The van der Waals surface area contributed by atoms with Crippen molar-refractivity contribution in [1.29, 1.82) is 0 Å². The van der Waals surface area contributed by atoms with E-state index in [1.54, 1.807) is 0 Å². The molecule has 1 saturated carbocycles. The Kier molecular flexibility index (Phi) is 2.62. The highest BCUT2D eigenvalue weighted by molar-refractivity contribution is 6.30. The van der Waals surface area contributed by atoms with Crippen molar-refractivity contribution >= 4 is 11.6 Å². The lowest BCUT2D eigenvalue weighted by molar-refractivity contribution is 0.584. The molecular weight excluding hydrogens is 220 g/mol. The maximum atomic E-state index is 6.24. The lowest BCUT2D eigenvalue weighted by Crippen LogP contribution is -2.05. The van der Waals surface area contributed by atoms with E-state index in [0.717, 1.165) is 29.7 Å². The van der Waals surface area contributed by atoms with E-state index in [9.17, 15) is 0 Å². The summed E-state index contributed by atoms with van der Waals surface area (Å²) in [7, 11) is 0. The first-order chi connectivity index (χ1) is 7.74. The number of rotatable bonds is 1. The van der Waals surface area contributed by atoms with Gasteiger partial charge in [0.15, 0.2) is 0 Å². The van der Waals surface area contributed by atoms with Crippen LogP contribution in [0.25, 0.3) is 0 Å². The first kappa shape index (κ1) is 10.5. The summed E-state index contributed by atoms with van der Waals surface area (Å²) in [6.07, 6.45) is 7.12. The van der Waals surface area contributed by atoms with Gasteiger partial charge >= 0.3 is 0 Å². The second-order valence-electron chi connectivity index (χ2n) is 5.27. The fourth-order valence-corrected chi connectivity index (χ4v) is 3.32. The number of hydrogen-bond donors (Lipinski definition) is 0. The van der Waals surface area contributed by atoms with Gasteiger partial charge in [-0.15, -0.1) is 0 Å². The van der Waals surface area contributed by atoms with Crippen molar-refractivity contribution in [1.82, 2.24) is 9.97 Å². The van der Waals surface area contributed by atoms with Gasteiger partial charge in [-0.2, -0.15) is 0 Å². The van der Waals surface area contributed by atoms with E-state index in [0.29, 0.717) is 5.92 Å². The summed E-state index contributed by atoms with van der Waals surface area (Å²) < 4.78 is 0. The predicted molar refractivity (Wildman–Crippen MR) is 64.8 cm³/mol. The molecule has 2 atom stereocenters. The first-order valence-electron chi connectivity index (χ1n) is 6.29. The van der Waals surface area contributed by atoms with Crippen LogP contribution >= 0.6 is 11.6 Å². The number of nitrogens with zero attached hydrogens (tertiary/aromatic N) is 2. The van der Waals surface area contributed by atoms with Crippen molar-refractivity contribution in [3.63, 3.8) is 0 Å². The third-order valence-electron chi connectivity index (χ3n) is 3.96. The molecule has 0 aromatic carbocycles. The Bertz CT molecular complexity index is 417. The van der Waals surface area contributed by atoms with Gasteiger partial charge in [-0.1, -0.05) is 18.5 Å². The third-order valence-corrected chi connectivity index (χ3v) is 4.27. The molecule has 2 aliphatic rings. The minimum atomic E-state index is 0.554. The van der Waals surface area contributed by atoms with Crippen molar-refractivity contribution in [2.75, 3.05) is 0 Å². The minimum Gasteiger partial charge on any atom is -0.237 e. The Hall–Kier alpha value is -0.630. The summed E-state index contributed by atoms with van der Waals surface area (Å²) in [5.74, 6) is 2.38. The molecule has 0 saturated heterocycles. The van der Waals surface area contributed by atoms with Crippen LogP contribution in [-0.4, -0.2) is 9.97 Å². The molecule has 86 valence electrons. The van der Waals surface area contributed by atoms with E-state index in [-0.39, 0.29) is 0 Å². The Labute approximate surface area is 101 Å². The average Bonchev–Trinajstić information content (AvgIpc) is 2.85. The zero-order valence-electron chi connectivity index (χ0n) is 9.67. The van der Waals surface area contributed by atoms with Crippen LogP contribution in [0.15, 0.2) is 0 Å². The molecule has 2 nitrogen and oxygen atoms in total. The molecule has 3 rings (SSSR count). The molecule has 0 N–H and O–H groups in total. The van der Waals surface area contributed by atoms with Gasteiger partial charge in [-0.05, 0) is 44.4 Å². The summed E-state index contributed by atoms with van der Waals surface area (Å²) in [6.45, 7) is 2.31. The quantitative estimate of drug-likeness (QED) is 0.698. The minimum absolute atomic E-state index is 0.554. The first-order valence-corrected chi connectivity index (χ1v) is 6.67. The van der Waals surface area contributed by atoms with E-state index in [2.05, 4.69) is 11.9 Å². The summed E-state index contributed by atoms with van der Waals surface area (Å²) >= 11 is 6.24. The van der Waals surface area contributed by atoms with Crippen LogP contribution < -0.4 is 0 Å². The van der Waals surface area contributed by atoms with Gasteiger partial charge in [0.25, 0.3) is 0 Å². The Balaban J connectivity index is 1.94. The standard InChI is InChI=1S/C13H17ClN2/c1-8-5-6-9(7-8)13-15-11-4-2-3-10(11)12(14)16-13/h8-9H,2-7H2,1H3. The van der Waals surface area contributed by atoms with Crippen molar-refractivity contribution in [2.24, 2.45) is 5.92 Å². The van der Waals surface area contributed by atoms with Crippen LogP contribution in [0.3, 0.4) is 0 Å². The molecule has 1 fully saturated rings. The highest BCUT2D eigenvalue weighted by atomic mass is 35.5. The summed E-state index contributed by atoms with van der Waals surface area (Å²) in [6, 6.07) is 0. The van der Waals surface area contributed by atoms with Crippen LogP contribution in [0.2, 0.25) is 5.15 Å². The van der Waals surface area contributed by atoms with Gasteiger partial charge in [0.05, 0.1) is 0 Å². The molecule has 0 aliphatic heterocycles. The van der Waals surface area contributed by atoms with Crippen LogP contribution in [-0.2, 0) is 12.8 Å². The predicted octanol–water partition coefficient (Wildman–Crippen LogP) is 3.52. The van der Waals surface area contributed by atoms with Gasteiger partial charge in [-0.3, -0.25) is 0 Å². The molecule has 1 aromatic heterocycles. The van der Waals surface area contributed by atoms with E-state index < -0.39 is 0 Å². The SMILES string of the molecule is CC1CCC(c2nc(Cl)c3c(n2)CCC3)C1. The topological polar surface area (TPSA) is 25.8 Å². The van der Waals surface area contributed by atoms with Crippen LogP contribution in [0.1, 0.15) is 55.6 Å². The van der Waals surface area contributed by atoms with Crippen LogP contribution in [0.5, 0.6) is 0 Å². The van der Waals surface area contributed by atoms with Gasteiger partial charge in [-0.25, -0.2) is 9.97 Å². The number of halogens is 1. The van der Waals surface area contributed by atoms with Crippen molar-refractivity contribution in [3.8, 4) is 0 Å². The van der Waals surface area contributed by atoms with Gasteiger partial charge in [0.1, 0.15) is 11.0 Å². The maximum Gasteiger partial charge on any atom is 0.136 e. The van der Waals surface area contributed by atoms with Crippen molar-refractivity contribution in [3.05, 3.63) is 22.2 Å². The van der Waals surface area contributed by atoms with Crippen LogP contribution in [0, 0.1) is 5.92 Å². The smallest absolute Gasteiger partial charge is 0.136 e. The monoisotopic (exact) mass is 236 g/mol. The third kappa shape index (κ3) is 1.73. The Morgan fingerprint density at radius 1 is 1.19 bits per heavy atom. The van der Waals surface area contributed by atoms with Crippen molar-refractivity contribution < 1.29 is 0 Å². The molecule has 16 heavy (non-hydrogen) atoms. The zero-order valence-corrected chi connectivity index (χ0v) is 10.4. The highest BCUT2D eigenvalue weighted by Gasteiger charge is 2.27. The number of aromatic nitrogens is 2. The summed E-state index contributed by atoms with van der Waals surface area (Å²) in [5, 5.41) is 0.719. The van der Waals surface area contributed by atoms with Gasteiger partial charge in [0, 0.05) is 17.2 Å². The Morgan fingerprint density at radius 2 is 2.06 bits per heavy atom. The van der Waals surface area contributed by atoms with E-state index >= 15 is 0 Å². The molecule has 2 unspecified atom stereocenters. The molecule has 0 spiro atoms. The fourth-order valence-electron chi connectivity index (χ4n) is 3.03. The Morgan fingerprint density at radius 3 is 2.81 bits per heavy atom. The maximum absolute atomic E-state index is 6.24.